The number of carbonyl (C=O) groups is 5. The molecule has 170 valence electrons. The number of carboxylic acid groups (broad SMARTS) is 2. The van der Waals surface area contributed by atoms with E-state index in [1.54, 1.807) is 13.8 Å². The molecule has 0 aliphatic carbocycles. The minimum absolute atomic E-state index is 0.0987. The molecule has 1 saturated heterocycles. The Balaban J connectivity index is 2.90. The Bertz CT molecular complexity index is 673. The molecule has 0 bridgehead atoms. The molecule has 0 aromatic carbocycles. The van der Waals surface area contributed by atoms with Crippen LogP contribution in [0.25, 0.3) is 0 Å². The maximum atomic E-state index is 12.7. The van der Waals surface area contributed by atoms with Gasteiger partial charge in [0.15, 0.2) is 0 Å². The molecular weight excluding hydrogens is 416 g/mol. The highest BCUT2D eigenvalue weighted by Gasteiger charge is 2.38. The van der Waals surface area contributed by atoms with Gasteiger partial charge in [0.05, 0.1) is 6.04 Å². The number of aliphatic carboxylic acids is 2. The van der Waals surface area contributed by atoms with E-state index in [1.807, 2.05) is 0 Å². The lowest BCUT2D eigenvalue weighted by atomic mass is 10.0. The summed E-state index contributed by atoms with van der Waals surface area (Å²) in [7, 11) is 0. The van der Waals surface area contributed by atoms with Crippen LogP contribution in [0.3, 0.4) is 0 Å². The predicted molar refractivity (Wildman–Crippen MR) is 110 cm³/mol. The summed E-state index contributed by atoms with van der Waals surface area (Å²) in [5.41, 5.74) is 5.78. The molecule has 1 aliphatic rings. The Morgan fingerprint density at radius 2 is 1.70 bits per heavy atom. The molecule has 30 heavy (non-hydrogen) atoms. The summed E-state index contributed by atoms with van der Waals surface area (Å²) in [5, 5.41) is 23.1. The Labute approximate surface area is 180 Å². The topological polar surface area (TPSA) is 179 Å². The summed E-state index contributed by atoms with van der Waals surface area (Å²) in [4.78, 5) is 61.1. The van der Waals surface area contributed by atoms with Gasteiger partial charge in [-0.15, -0.1) is 0 Å². The van der Waals surface area contributed by atoms with Crippen molar-refractivity contribution in [3.8, 4) is 0 Å². The van der Waals surface area contributed by atoms with E-state index in [4.69, 9.17) is 10.8 Å². The maximum Gasteiger partial charge on any atom is 0.326 e. The molecule has 4 atom stereocenters. The van der Waals surface area contributed by atoms with Gasteiger partial charge in [-0.2, -0.15) is 12.6 Å². The number of nitrogens with one attached hydrogen (secondary N) is 2. The first-order valence-corrected chi connectivity index (χ1v) is 10.3. The van der Waals surface area contributed by atoms with E-state index < -0.39 is 53.8 Å². The SMILES string of the molecule is CC(C)C(N)C(=O)NC(CCC(=O)O)C(=O)NC(CS)C(=O)N1CCCC1C(=O)O. The van der Waals surface area contributed by atoms with Gasteiger partial charge in [-0.25, -0.2) is 4.79 Å². The van der Waals surface area contributed by atoms with Crippen LogP contribution in [-0.2, 0) is 24.0 Å². The number of hydrogen-bond donors (Lipinski definition) is 6. The van der Waals surface area contributed by atoms with Gasteiger partial charge in [0.1, 0.15) is 18.1 Å². The smallest absolute Gasteiger partial charge is 0.326 e. The third-order valence-corrected chi connectivity index (χ3v) is 5.28. The Morgan fingerprint density at radius 3 is 2.20 bits per heavy atom. The van der Waals surface area contributed by atoms with Crippen molar-refractivity contribution in [1.29, 1.82) is 0 Å². The van der Waals surface area contributed by atoms with Crippen molar-refractivity contribution in [2.45, 2.75) is 63.7 Å². The van der Waals surface area contributed by atoms with Crippen molar-refractivity contribution in [2.24, 2.45) is 11.7 Å². The second-order valence-electron chi connectivity index (χ2n) is 7.54. The third-order valence-electron chi connectivity index (χ3n) is 4.92. The largest absolute Gasteiger partial charge is 0.481 e. The van der Waals surface area contributed by atoms with Gasteiger partial charge in [0.2, 0.25) is 17.7 Å². The van der Waals surface area contributed by atoms with Gasteiger partial charge in [-0.3, -0.25) is 19.2 Å². The van der Waals surface area contributed by atoms with Gasteiger partial charge in [0, 0.05) is 18.7 Å². The first kappa shape index (κ1) is 25.7. The lowest BCUT2D eigenvalue weighted by Gasteiger charge is -2.28. The molecule has 1 fully saturated rings. The molecule has 11 nitrogen and oxygen atoms in total. The van der Waals surface area contributed by atoms with Crippen molar-refractivity contribution in [1.82, 2.24) is 15.5 Å². The van der Waals surface area contributed by atoms with Crippen molar-refractivity contribution in [3.63, 3.8) is 0 Å². The zero-order chi connectivity index (χ0) is 23.0. The summed E-state index contributed by atoms with van der Waals surface area (Å²) in [6.07, 6.45) is 0.258. The number of nitrogens with zero attached hydrogens (tertiary/aromatic N) is 1. The van der Waals surface area contributed by atoms with Crippen LogP contribution in [0.4, 0.5) is 0 Å². The quantitative estimate of drug-likeness (QED) is 0.214. The van der Waals surface area contributed by atoms with Crippen molar-refractivity contribution >= 4 is 42.3 Å². The second kappa shape index (κ2) is 11.7. The van der Waals surface area contributed by atoms with Crippen LogP contribution in [0.15, 0.2) is 0 Å². The fraction of sp³-hybridized carbons (Fsp3) is 0.722. The molecule has 0 aromatic heterocycles. The van der Waals surface area contributed by atoms with E-state index in [-0.39, 0.29) is 31.1 Å². The fourth-order valence-electron chi connectivity index (χ4n) is 3.05. The number of likely N-dealkylation sites (tertiary alicyclic amines) is 1. The molecule has 1 rings (SSSR count). The van der Waals surface area contributed by atoms with Crippen molar-refractivity contribution < 1.29 is 34.2 Å². The highest BCUT2D eigenvalue weighted by Crippen LogP contribution is 2.19. The molecule has 0 spiro atoms. The van der Waals surface area contributed by atoms with Gasteiger partial charge in [0.25, 0.3) is 0 Å². The van der Waals surface area contributed by atoms with Gasteiger partial charge < -0.3 is 31.5 Å². The number of amides is 3. The summed E-state index contributed by atoms with van der Waals surface area (Å²) in [5.74, 6) is -4.56. The van der Waals surface area contributed by atoms with Crippen LogP contribution in [0, 0.1) is 5.92 Å². The summed E-state index contributed by atoms with van der Waals surface area (Å²) in [6, 6.07) is -4.21. The normalized spacial score (nSPS) is 19.1. The minimum Gasteiger partial charge on any atom is -0.481 e. The monoisotopic (exact) mass is 446 g/mol. The molecule has 0 saturated carbocycles. The number of rotatable bonds is 11. The van der Waals surface area contributed by atoms with Crippen molar-refractivity contribution in [2.75, 3.05) is 12.3 Å². The first-order chi connectivity index (χ1) is 14.0. The van der Waals surface area contributed by atoms with Crippen LogP contribution in [0.1, 0.15) is 39.5 Å². The second-order valence-corrected chi connectivity index (χ2v) is 7.90. The van der Waals surface area contributed by atoms with E-state index in [0.717, 1.165) is 0 Å². The summed E-state index contributed by atoms with van der Waals surface area (Å²) < 4.78 is 0. The van der Waals surface area contributed by atoms with Crippen molar-refractivity contribution in [3.05, 3.63) is 0 Å². The van der Waals surface area contributed by atoms with Crippen LogP contribution >= 0.6 is 12.6 Å². The van der Waals surface area contributed by atoms with E-state index in [0.29, 0.717) is 12.8 Å². The van der Waals surface area contributed by atoms with Crippen LogP contribution in [0.5, 0.6) is 0 Å². The van der Waals surface area contributed by atoms with E-state index in [1.165, 1.54) is 4.90 Å². The Kier molecular flexibility index (Phi) is 10.1. The van der Waals surface area contributed by atoms with Crippen LogP contribution in [0.2, 0.25) is 0 Å². The van der Waals surface area contributed by atoms with Gasteiger partial charge >= 0.3 is 11.9 Å². The molecule has 0 aromatic rings. The molecule has 1 aliphatic heterocycles. The maximum absolute atomic E-state index is 12.7. The van der Waals surface area contributed by atoms with Gasteiger partial charge in [-0.05, 0) is 25.2 Å². The van der Waals surface area contributed by atoms with Gasteiger partial charge in [-0.1, -0.05) is 13.8 Å². The molecule has 6 N–H and O–H groups in total. The highest BCUT2D eigenvalue weighted by atomic mass is 32.1. The average Bonchev–Trinajstić information content (AvgIpc) is 3.17. The number of hydrogen-bond acceptors (Lipinski definition) is 7. The number of carbonyl (C=O) groups excluding carboxylic acids is 3. The molecular formula is C18H30N4O7S. The lowest BCUT2D eigenvalue weighted by molar-refractivity contribution is -0.149. The summed E-state index contributed by atoms with van der Waals surface area (Å²) in [6.45, 7) is 3.69. The number of thiol groups is 1. The Morgan fingerprint density at radius 1 is 1.10 bits per heavy atom. The average molecular weight is 447 g/mol. The lowest BCUT2D eigenvalue weighted by Crippen LogP contribution is -2.58. The number of carboxylic acids is 2. The molecule has 0 radical (unpaired) electrons. The first-order valence-electron chi connectivity index (χ1n) is 9.71. The van der Waals surface area contributed by atoms with E-state index in [2.05, 4.69) is 23.3 Å². The predicted octanol–water partition coefficient (Wildman–Crippen LogP) is -1.19. The van der Waals surface area contributed by atoms with Crippen LogP contribution < -0.4 is 16.4 Å². The number of nitrogens with two attached hydrogens (primary N) is 1. The van der Waals surface area contributed by atoms with E-state index in [9.17, 15) is 29.1 Å². The summed E-state index contributed by atoms with van der Waals surface area (Å²) >= 11 is 4.08. The minimum atomic E-state index is -1.22. The zero-order valence-corrected chi connectivity index (χ0v) is 17.9. The Hall–Kier alpha value is -2.34. The zero-order valence-electron chi connectivity index (χ0n) is 17.0. The molecule has 4 unspecified atom stereocenters. The molecule has 3 amide bonds. The van der Waals surface area contributed by atoms with E-state index >= 15 is 0 Å². The fourth-order valence-corrected chi connectivity index (χ4v) is 3.30. The molecule has 1 heterocycles. The standard InChI is InChI=1S/C18H30N4O7S/c1-9(2)14(19)16(26)20-10(5-6-13(23)24)15(25)21-11(8-30)17(27)22-7-3-4-12(22)18(28)29/h9-12,14,30H,3-8,19H2,1-2H3,(H,20,26)(H,21,25)(H,23,24)(H,28,29). The highest BCUT2D eigenvalue weighted by molar-refractivity contribution is 7.80. The molecule has 12 heteroatoms. The van der Waals surface area contributed by atoms with Crippen LogP contribution in [-0.4, -0.2) is 81.2 Å². The third kappa shape index (κ3) is 7.17.